The van der Waals surface area contributed by atoms with E-state index in [4.69, 9.17) is 4.74 Å². The lowest BCUT2D eigenvalue weighted by atomic mass is 10.0. The highest BCUT2D eigenvalue weighted by atomic mass is 16.5. The van der Waals surface area contributed by atoms with Crippen molar-refractivity contribution in [2.75, 3.05) is 19.7 Å². The molecule has 118 valence electrons. The highest BCUT2D eigenvalue weighted by molar-refractivity contribution is 5.24. The molecule has 1 aliphatic heterocycles. The van der Waals surface area contributed by atoms with Crippen LogP contribution in [0, 0.1) is 0 Å². The average Bonchev–Trinajstić information content (AvgIpc) is 3.03. The maximum Gasteiger partial charge on any atom is 0.150 e. The molecule has 1 aliphatic rings. The zero-order valence-corrected chi connectivity index (χ0v) is 13.4. The minimum absolute atomic E-state index is 0.147. The quantitative estimate of drug-likeness (QED) is 0.922. The molecule has 2 aromatic rings. The van der Waals surface area contributed by atoms with Gasteiger partial charge in [0.25, 0.3) is 0 Å². The van der Waals surface area contributed by atoms with E-state index in [2.05, 4.69) is 58.2 Å². The molecule has 3 rings (SSSR count). The first-order chi connectivity index (χ1) is 10.8. The van der Waals surface area contributed by atoms with Crippen LogP contribution in [0.1, 0.15) is 42.7 Å². The van der Waals surface area contributed by atoms with Crippen LogP contribution >= 0.6 is 0 Å². The van der Waals surface area contributed by atoms with Crippen LogP contribution in [0.2, 0.25) is 0 Å². The van der Waals surface area contributed by atoms with Crippen LogP contribution in [0.25, 0.3) is 0 Å². The van der Waals surface area contributed by atoms with Crippen LogP contribution in [-0.2, 0) is 24.1 Å². The average molecular weight is 300 g/mol. The number of ether oxygens (including phenoxy) is 1. The Labute approximate surface area is 131 Å². The van der Waals surface area contributed by atoms with Gasteiger partial charge >= 0.3 is 0 Å². The predicted molar refractivity (Wildman–Crippen MR) is 85.6 cm³/mol. The molecule has 1 atom stereocenters. The van der Waals surface area contributed by atoms with Gasteiger partial charge in [-0.3, -0.25) is 10.00 Å². The van der Waals surface area contributed by atoms with E-state index in [0.717, 1.165) is 50.7 Å². The van der Waals surface area contributed by atoms with Gasteiger partial charge in [-0.25, -0.2) is 4.98 Å². The Morgan fingerprint density at radius 2 is 2.05 bits per heavy atom. The third-order valence-electron chi connectivity index (χ3n) is 4.18. The summed E-state index contributed by atoms with van der Waals surface area (Å²) in [5.74, 6) is 1.83. The van der Waals surface area contributed by atoms with Crippen molar-refractivity contribution in [2.24, 2.45) is 0 Å². The van der Waals surface area contributed by atoms with Gasteiger partial charge in [0.15, 0.2) is 0 Å². The molecule has 0 spiro atoms. The van der Waals surface area contributed by atoms with Crippen molar-refractivity contribution >= 4 is 0 Å². The van der Waals surface area contributed by atoms with Gasteiger partial charge in [-0.05, 0) is 17.5 Å². The van der Waals surface area contributed by atoms with Crippen LogP contribution in [0.3, 0.4) is 0 Å². The maximum atomic E-state index is 5.94. The Morgan fingerprint density at radius 1 is 1.23 bits per heavy atom. The molecular formula is C17H24N4O. The van der Waals surface area contributed by atoms with Crippen molar-refractivity contribution in [3.05, 3.63) is 47.0 Å². The Morgan fingerprint density at radius 3 is 2.73 bits per heavy atom. The van der Waals surface area contributed by atoms with Crippen LogP contribution in [0.15, 0.2) is 24.3 Å². The van der Waals surface area contributed by atoms with Crippen molar-refractivity contribution < 1.29 is 4.74 Å². The van der Waals surface area contributed by atoms with Crippen LogP contribution in [0.4, 0.5) is 0 Å². The summed E-state index contributed by atoms with van der Waals surface area (Å²) in [7, 11) is 0. The van der Waals surface area contributed by atoms with Gasteiger partial charge in [0, 0.05) is 19.5 Å². The Hall–Kier alpha value is -1.72. The lowest BCUT2D eigenvalue weighted by Gasteiger charge is -2.32. The van der Waals surface area contributed by atoms with Gasteiger partial charge in [-0.1, -0.05) is 38.1 Å². The molecule has 1 aromatic carbocycles. The number of nitrogens with one attached hydrogen (secondary N) is 1. The van der Waals surface area contributed by atoms with Gasteiger partial charge < -0.3 is 4.74 Å². The van der Waals surface area contributed by atoms with Gasteiger partial charge in [-0.15, -0.1) is 0 Å². The number of hydrogen-bond acceptors (Lipinski definition) is 4. The molecule has 1 aromatic heterocycles. The molecule has 1 N–H and O–H groups in total. The van der Waals surface area contributed by atoms with Crippen LogP contribution in [-0.4, -0.2) is 39.8 Å². The third-order valence-corrected chi connectivity index (χ3v) is 4.18. The van der Waals surface area contributed by atoms with E-state index in [-0.39, 0.29) is 6.10 Å². The number of aryl methyl sites for hydroxylation is 2. The first-order valence-electron chi connectivity index (χ1n) is 8.11. The maximum absolute atomic E-state index is 5.94. The van der Waals surface area contributed by atoms with Crippen molar-refractivity contribution in [3.63, 3.8) is 0 Å². The summed E-state index contributed by atoms with van der Waals surface area (Å²) < 4.78 is 5.94. The summed E-state index contributed by atoms with van der Waals surface area (Å²) in [4.78, 5) is 6.87. The summed E-state index contributed by atoms with van der Waals surface area (Å²) in [6.07, 6.45) is 2.09. The molecule has 22 heavy (non-hydrogen) atoms. The summed E-state index contributed by atoms with van der Waals surface area (Å²) in [6.45, 7) is 7.64. The van der Waals surface area contributed by atoms with Crippen LogP contribution < -0.4 is 0 Å². The van der Waals surface area contributed by atoms with Crippen molar-refractivity contribution in [3.8, 4) is 0 Å². The smallest absolute Gasteiger partial charge is 0.150 e. The second-order valence-electron chi connectivity index (χ2n) is 5.74. The predicted octanol–water partition coefficient (Wildman–Crippen LogP) is 2.50. The number of benzene rings is 1. The Bertz CT molecular complexity index is 593. The zero-order valence-electron chi connectivity index (χ0n) is 13.4. The molecule has 0 bridgehead atoms. The minimum Gasteiger partial charge on any atom is -0.371 e. The molecule has 0 amide bonds. The van der Waals surface area contributed by atoms with Gasteiger partial charge in [0.1, 0.15) is 11.6 Å². The lowest BCUT2D eigenvalue weighted by Crippen LogP contribution is -2.38. The van der Waals surface area contributed by atoms with Crippen LogP contribution in [0.5, 0.6) is 0 Å². The highest BCUT2D eigenvalue weighted by Gasteiger charge is 2.22. The van der Waals surface area contributed by atoms with Gasteiger partial charge in [0.2, 0.25) is 0 Å². The molecular weight excluding hydrogens is 276 g/mol. The molecule has 0 radical (unpaired) electrons. The fourth-order valence-electron chi connectivity index (χ4n) is 2.79. The lowest BCUT2D eigenvalue weighted by molar-refractivity contribution is -0.0336. The largest absolute Gasteiger partial charge is 0.371 e. The molecule has 2 heterocycles. The topological polar surface area (TPSA) is 54.0 Å². The van der Waals surface area contributed by atoms with E-state index in [9.17, 15) is 0 Å². The minimum atomic E-state index is 0.147. The molecule has 0 aliphatic carbocycles. The molecule has 5 heteroatoms. The van der Waals surface area contributed by atoms with E-state index in [0.29, 0.717) is 0 Å². The molecule has 1 saturated heterocycles. The van der Waals surface area contributed by atoms with Crippen molar-refractivity contribution in [1.82, 2.24) is 20.1 Å². The monoisotopic (exact) mass is 300 g/mol. The number of aromatic nitrogens is 3. The van der Waals surface area contributed by atoms with E-state index in [1.165, 1.54) is 11.1 Å². The molecule has 5 nitrogen and oxygen atoms in total. The number of morpholine rings is 1. The van der Waals surface area contributed by atoms with Crippen molar-refractivity contribution in [1.29, 1.82) is 0 Å². The van der Waals surface area contributed by atoms with Crippen molar-refractivity contribution in [2.45, 2.75) is 39.3 Å². The van der Waals surface area contributed by atoms with Gasteiger partial charge in [0.05, 0.1) is 19.3 Å². The number of rotatable bonds is 5. The Balaban J connectivity index is 1.63. The summed E-state index contributed by atoms with van der Waals surface area (Å²) in [5, 5.41) is 7.23. The molecule has 1 unspecified atom stereocenters. The number of nitrogens with zero attached hydrogens (tertiary/aromatic N) is 3. The van der Waals surface area contributed by atoms with E-state index in [1.807, 2.05) is 0 Å². The molecule has 1 fully saturated rings. The number of hydrogen-bond donors (Lipinski definition) is 1. The summed E-state index contributed by atoms with van der Waals surface area (Å²) in [5.41, 5.74) is 2.62. The first-order valence-corrected chi connectivity index (χ1v) is 8.11. The SMILES string of the molecule is CCc1ccc(C2CN(Cc3nc(CC)n[nH]3)CCO2)cc1. The van der Waals surface area contributed by atoms with E-state index < -0.39 is 0 Å². The Kier molecular flexibility index (Phi) is 4.85. The fraction of sp³-hybridized carbons (Fsp3) is 0.529. The summed E-state index contributed by atoms with van der Waals surface area (Å²) in [6, 6.07) is 8.77. The second kappa shape index (κ2) is 7.03. The molecule has 0 saturated carbocycles. The summed E-state index contributed by atoms with van der Waals surface area (Å²) >= 11 is 0. The van der Waals surface area contributed by atoms with E-state index in [1.54, 1.807) is 0 Å². The fourth-order valence-corrected chi connectivity index (χ4v) is 2.79. The number of aromatic amines is 1. The third kappa shape index (κ3) is 3.54. The zero-order chi connectivity index (χ0) is 15.4. The highest BCUT2D eigenvalue weighted by Crippen LogP contribution is 2.23. The van der Waals surface area contributed by atoms with Gasteiger partial charge in [-0.2, -0.15) is 5.10 Å². The second-order valence-corrected chi connectivity index (χ2v) is 5.74. The normalized spacial score (nSPS) is 19.5. The number of H-pyrrole nitrogens is 1. The first kappa shape index (κ1) is 15.2. The standard InChI is InChI=1S/C17H24N4O/c1-3-13-5-7-14(8-6-13)15-11-21(9-10-22-15)12-17-18-16(4-2)19-20-17/h5-8,15H,3-4,9-12H2,1-2H3,(H,18,19,20). The van der Waals surface area contributed by atoms with E-state index >= 15 is 0 Å².